The van der Waals surface area contributed by atoms with E-state index in [0.717, 1.165) is 29.6 Å². The van der Waals surface area contributed by atoms with E-state index in [-0.39, 0.29) is 0 Å². The quantitative estimate of drug-likeness (QED) is 0.869. The zero-order chi connectivity index (χ0) is 17.2. The molecule has 0 unspecified atom stereocenters. The van der Waals surface area contributed by atoms with E-state index in [4.69, 9.17) is 4.74 Å². The number of benzene rings is 1. The van der Waals surface area contributed by atoms with Crippen LogP contribution in [0.15, 0.2) is 24.4 Å². The molecule has 132 valence electrons. The highest BCUT2D eigenvalue weighted by Crippen LogP contribution is 2.30. The Hall–Kier alpha value is -1.53. The zero-order valence-electron chi connectivity index (χ0n) is 14.4. The van der Waals surface area contributed by atoms with E-state index in [1.807, 2.05) is 12.1 Å². The summed E-state index contributed by atoms with van der Waals surface area (Å²) in [6, 6.07) is 6.07. The summed E-state index contributed by atoms with van der Waals surface area (Å²) in [6.45, 7) is 1.58. The SMILES string of the molecule is CN(C)CCc1c[nH]c2cccc(OCC3CCS(=O)(=O)CC3)c12. The molecule has 2 aromatic rings. The Bertz CT molecular complexity index is 782. The van der Waals surface area contributed by atoms with Crippen LogP contribution in [-0.4, -0.2) is 57.1 Å². The maximum absolute atomic E-state index is 11.5. The van der Waals surface area contributed by atoms with Crippen molar-refractivity contribution in [3.63, 3.8) is 0 Å². The third-order valence-electron chi connectivity index (χ3n) is 4.73. The number of hydrogen-bond acceptors (Lipinski definition) is 4. The van der Waals surface area contributed by atoms with E-state index in [1.54, 1.807) is 0 Å². The van der Waals surface area contributed by atoms with Gasteiger partial charge in [-0.15, -0.1) is 0 Å². The molecule has 1 aliphatic heterocycles. The van der Waals surface area contributed by atoms with Crippen LogP contribution >= 0.6 is 0 Å². The predicted molar refractivity (Wildman–Crippen MR) is 97.4 cm³/mol. The topological polar surface area (TPSA) is 62.4 Å². The monoisotopic (exact) mass is 350 g/mol. The van der Waals surface area contributed by atoms with Crippen LogP contribution in [0, 0.1) is 5.92 Å². The van der Waals surface area contributed by atoms with Crippen molar-refractivity contribution < 1.29 is 13.2 Å². The summed E-state index contributed by atoms with van der Waals surface area (Å²) >= 11 is 0. The molecule has 0 spiro atoms. The van der Waals surface area contributed by atoms with E-state index < -0.39 is 9.84 Å². The third kappa shape index (κ3) is 4.11. The van der Waals surface area contributed by atoms with E-state index in [2.05, 4.69) is 36.2 Å². The van der Waals surface area contributed by atoms with Gasteiger partial charge in [0.25, 0.3) is 0 Å². The second kappa shape index (κ2) is 7.15. The van der Waals surface area contributed by atoms with Crippen LogP contribution in [-0.2, 0) is 16.3 Å². The first-order valence-corrected chi connectivity index (χ1v) is 10.3. The highest BCUT2D eigenvalue weighted by atomic mass is 32.2. The molecule has 1 aromatic heterocycles. The zero-order valence-corrected chi connectivity index (χ0v) is 15.2. The first-order valence-electron chi connectivity index (χ1n) is 8.51. The molecular formula is C18H26N2O3S. The normalized spacial score (nSPS) is 18.3. The molecule has 3 rings (SSSR count). The maximum atomic E-state index is 11.5. The predicted octanol–water partition coefficient (Wildman–Crippen LogP) is 2.48. The number of rotatable bonds is 6. The summed E-state index contributed by atoms with van der Waals surface area (Å²) in [7, 11) is 1.33. The average molecular weight is 350 g/mol. The van der Waals surface area contributed by atoms with Crippen molar-refractivity contribution in [1.82, 2.24) is 9.88 Å². The Labute approximate surface area is 143 Å². The van der Waals surface area contributed by atoms with Crippen molar-refractivity contribution >= 4 is 20.7 Å². The van der Waals surface area contributed by atoms with Crippen LogP contribution in [0.1, 0.15) is 18.4 Å². The standard InChI is InChI=1S/C18H26N2O3S/c1-20(2)9-6-15-12-19-16-4-3-5-17(18(15)16)23-13-14-7-10-24(21,22)11-8-14/h3-5,12,14,19H,6-11,13H2,1-2H3. The van der Waals surface area contributed by atoms with Crippen LogP contribution < -0.4 is 4.74 Å². The molecule has 6 heteroatoms. The van der Waals surface area contributed by atoms with Gasteiger partial charge in [-0.3, -0.25) is 0 Å². The fourth-order valence-electron chi connectivity index (χ4n) is 3.19. The number of ether oxygens (including phenoxy) is 1. The summed E-state index contributed by atoms with van der Waals surface area (Å²) in [5, 5.41) is 1.16. The number of nitrogens with zero attached hydrogens (tertiary/aromatic N) is 1. The van der Waals surface area contributed by atoms with Crippen molar-refractivity contribution in [3.8, 4) is 5.75 Å². The van der Waals surface area contributed by atoms with Crippen LogP contribution in [0.2, 0.25) is 0 Å². The molecule has 0 amide bonds. The summed E-state index contributed by atoms with van der Waals surface area (Å²) in [6.07, 6.45) is 4.45. The number of hydrogen-bond donors (Lipinski definition) is 1. The second-order valence-electron chi connectivity index (χ2n) is 6.95. The number of aromatic nitrogens is 1. The Morgan fingerprint density at radius 1 is 1.25 bits per heavy atom. The van der Waals surface area contributed by atoms with Gasteiger partial charge < -0.3 is 14.6 Å². The van der Waals surface area contributed by atoms with Gasteiger partial charge in [-0.1, -0.05) is 6.07 Å². The van der Waals surface area contributed by atoms with Gasteiger partial charge in [0, 0.05) is 23.6 Å². The minimum atomic E-state index is -2.81. The minimum absolute atomic E-state index is 0.295. The molecule has 0 radical (unpaired) electrons. The third-order valence-corrected chi connectivity index (χ3v) is 6.44. The Morgan fingerprint density at radius 3 is 2.71 bits per heavy atom. The molecule has 0 saturated carbocycles. The molecule has 0 bridgehead atoms. The van der Waals surface area contributed by atoms with Crippen LogP contribution in [0.5, 0.6) is 5.75 Å². The minimum Gasteiger partial charge on any atom is -0.493 e. The number of likely N-dealkylation sites (N-methyl/N-ethyl adjacent to an activating group) is 1. The number of aromatic amines is 1. The number of nitrogens with one attached hydrogen (secondary N) is 1. The molecule has 5 nitrogen and oxygen atoms in total. The van der Waals surface area contributed by atoms with Crippen molar-refractivity contribution in [1.29, 1.82) is 0 Å². The lowest BCUT2D eigenvalue weighted by molar-refractivity contribution is 0.240. The first kappa shape index (κ1) is 17.3. The molecule has 0 atom stereocenters. The maximum Gasteiger partial charge on any atom is 0.150 e. The molecule has 2 heterocycles. The highest BCUT2D eigenvalue weighted by molar-refractivity contribution is 7.91. The first-order chi connectivity index (χ1) is 11.4. The largest absolute Gasteiger partial charge is 0.493 e. The molecule has 0 aliphatic carbocycles. The fraction of sp³-hybridized carbons (Fsp3) is 0.556. The molecule has 1 saturated heterocycles. The van der Waals surface area contributed by atoms with Crippen molar-refractivity contribution in [2.45, 2.75) is 19.3 Å². The molecular weight excluding hydrogens is 324 g/mol. The Morgan fingerprint density at radius 2 is 2.00 bits per heavy atom. The number of H-pyrrole nitrogens is 1. The number of sulfone groups is 1. The molecule has 1 N–H and O–H groups in total. The van der Waals surface area contributed by atoms with E-state index >= 15 is 0 Å². The Kier molecular flexibility index (Phi) is 5.15. The molecule has 1 fully saturated rings. The van der Waals surface area contributed by atoms with E-state index in [1.165, 1.54) is 5.56 Å². The summed E-state index contributed by atoms with van der Waals surface area (Å²) in [4.78, 5) is 5.49. The summed E-state index contributed by atoms with van der Waals surface area (Å²) in [5.74, 6) is 1.82. The van der Waals surface area contributed by atoms with Crippen LogP contribution in [0.25, 0.3) is 10.9 Å². The van der Waals surface area contributed by atoms with E-state index in [9.17, 15) is 8.42 Å². The van der Waals surface area contributed by atoms with Crippen LogP contribution in [0.3, 0.4) is 0 Å². The lowest BCUT2D eigenvalue weighted by atomic mass is 10.0. The van der Waals surface area contributed by atoms with Gasteiger partial charge in [-0.05, 0) is 57.0 Å². The van der Waals surface area contributed by atoms with Gasteiger partial charge in [0.2, 0.25) is 0 Å². The van der Waals surface area contributed by atoms with E-state index in [0.29, 0.717) is 36.9 Å². The van der Waals surface area contributed by atoms with Crippen molar-refractivity contribution in [2.75, 3.05) is 38.8 Å². The Balaban J connectivity index is 1.71. The van der Waals surface area contributed by atoms with Crippen LogP contribution in [0.4, 0.5) is 0 Å². The van der Waals surface area contributed by atoms with Crippen molar-refractivity contribution in [2.24, 2.45) is 5.92 Å². The highest BCUT2D eigenvalue weighted by Gasteiger charge is 2.24. The lowest BCUT2D eigenvalue weighted by Gasteiger charge is -2.22. The van der Waals surface area contributed by atoms with Gasteiger partial charge in [-0.2, -0.15) is 0 Å². The molecule has 1 aromatic carbocycles. The number of fused-ring (bicyclic) bond motifs is 1. The van der Waals surface area contributed by atoms with Gasteiger partial charge in [0.1, 0.15) is 15.6 Å². The lowest BCUT2D eigenvalue weighted by Crippen LogP contribution is -2.26. The second-order valence-corrected chi connectivity index (χ2v) is 9.26. The summed E-state index contributed by atoms with van der Waals surface area (Å²) < 4.78 is 29.2. The molecule has 1 aliphatic rings. The van der Waals surface area contributed by atoms with Gasteiger partial charge in [-0.25, -0.2) is 8.42 Å². The molecule has 24 heavy (non-hydrogen) atoms. The van der Waals surface area contributed by atoms with Gasteiger partial charge in [0.15, 0.2) is 0 Å². The summed E-state index contributed by atoms with van der Waals surface area (Å²) in [5.41, 5.74) is 2.35. The fourth-order valence-corrected chi connectivity index (χ4v) is 4.78. The van der Waals surface area contributed by atoms with Gasteiger partial charge >= 0.3 is 0 Å². The smallest absolute Gasteiger partial charge is 0.150 e. The van der Waals surface area contributed by atoms with Crippen molar-refractivity contribution in [3.05, 3.63) is 30.0 Å². The van der Waals surface area contributed by atoms with Gasteiger partial charge in [0.05, 0.1) is 18.1 Å². The average Bonchev–Trinajstić information content (AvgIpc) is 2.96.